The van der Waals surface area contributed by atoms with E-state index in [9.17, 15) is 4.79 Å². The summed E-state index contributed by atoms with van der Waals surface area (Å²) in [5, 5.41) is 8.47. The number of carboxylic acids is 1. The van der Waals surface area contributed by atoms with Crippen molar-refractivity contribution >= 4 is 5.97 Å². The number of allylic oxidation sites excluding steroid dienone is 4. The fourth-order valence-electron chi connectivity index (χ4n) is 2.11. The average molecular weight is 280 g/mol. The molecule has 1 N–H and O–H groups in total. The van der Waals surface area contributed by atoms with Crippen LogP contribution in [0.4, 0.5) is 0 Å². The average Bonchev–Trinajstić information content (AvgIpc) is 2.43. The van der Waals surface area contributed by atoms with Gasteiger partial charge < -0.3 is 5.11 Å². The van der Waals surface area contributed by atoms with Gasteiger partial charge in [0.25, 0.3) is 0 Å². The normalized spacial score (nSPS) is 11.7. The van der Waals surface area contributed by atoms with E-state index in [1.54, 1.807) is 0 Å². The predicted molar refractivity (Wildman–Crippen MR) is 87.0 cm³/mol. The molecule has 116 valence electrons. The molecule has 0 atom stereocenters. The summed E-state index contributed by atoms with van der Waals surface area (Å²) in [6, 6.07) is 0. The van der Waals surface area contributed by atoms with Gasteiger partial charge in [-0.25, -0.2) is 0 Å². The molecule has 0 rings (SSSR count). The maximum absolute atomic E-state index is 10.3. The molecule has 0 aromatic carbocycles. The van der Waals surface area contributed by atoms with Crippen LogP contribution in [0, 0.1) is 0 Å². The minimum Gasteiger partial charge on any atom is -0.481 e. The summed E-state index contributed by atoms with van der Waals surface area (Å²) >= 11 is 0. The third-order valence-corrected chi connectivity index (χ3v) is 3.35. The number of carboxylic acid groups (broad SMARTS) is 1. The molecule has 0 fully saturated rings. The lowest BCUT2D eigenvalue weighted by molar-refractivity contribution is -0.136. The van der Waals surface area contributed by atoms with Gasteiger partial charge in [-0.15, -0.1) is 0 Å². The van der Waals surface area contributed by atoms with Gasteiger partial charge in [0, 0.05) is 6.42 Å². The third kappa shape index (κ3) is 16.9. The Morgan fingerprint density at radius 2 is 1.35 bits per heavy atom. The Labute approximate surface area is 125 Å². The van der Waals surface area contributed by atoms with E-state index >= 15 is 0 Å². The summed E-state index contributed by atoms with van der Waals surface area (Å²) in [6.45, 7) is 2.26. The number of rotatable bonds is 14. The molecule has 0 aliphatic heterocycles. The van der Waals surface area contributed by atoms with E-state index in [0.717, 1.165) is 6.42 Å². The summed E-state index contributed by atoms with van der Waals surface area (Å²) in [4.78, 5) is 10.3. The third-order valence-electron chi connectivity index (χ3n) is 3.35. The molecule has 2 nitrogen and oxygen atoms in total. The van der Waals surface area contributed by atoms with Crippen LogP contribution in [0.25, 0.3) is 0 Å². The summed E-state index contributed by atoms with van der Waals surface area (Å²) in [5.74, 6) is -0.722. The lowest BCUT2D eigenvalue weighted by Crippen LogP contribution is -1.91. The number of unbranched alkanes of at least 4 members (excludes halogenated alkanes) is 8. The van der Waals surface area contributed by atoms with Crippen molar-refractivity contribution in [2.24, 2.45) is 0 Å². The van der Waals surface area contributed by atoms with E-state index in [1.807, 2.05) is 12.2 Å². The molecule has 0 saturated heterocycles. The molecule has 0 spiro atoms. The molecular weight excluding hydrogens is 248 g/mol. The predicted octanol–water partition coefficient (Wildman–Crippen LogP) is 5.88. The van der Waals surface area contributed by atoms with Gasteiger partial charge in [-0.1, -0.05) is 76.2 Å². The first-order chi connectivity index (χ1) is 9.77. The second-order valence-corrected chi connectivity index (χ2v) is 5.37. The zero-order chi connectivity index (χ0) is 14.9. The first-order valence-electron chi connectivity index (χ1n) is 8.29. The van der Waals surface area contributed by atoms with Crippen LogP contribution in [0.5, 0.6) is 0 Å². The van der Waals surface area contributed by atoms with Crippen LogP contribution in [-0.4, -0.2) is 11.1 Å². The molecule has 0 saturated carbocycles. The van der Waals surface area contributed by atoms with Crippen LogP contribution in [0.1, 0.15) is 84.0 Å². The Bertz CT molecular complexity index is 267. The van der Waals surface area contributed by atoms with Crippen LogP contribution >= 0.6 is 0 Å². The number of carbonyl (C=O) groups is 1. The highest BCUT2D eigenvalue weighted by Crippen LogP contribution is 2.09. The Hall–Kier alpha value is -1.05. The maximum Gasteiger partial charge on any atom is 0.303 e. The SMILES string of the molecule is CCCCCCCCCC/C=C\C/C=C\CCC(=O)O. The van der Waals surface area contributed by atoms with Gasteiger partial charge in [-0.3, -0.25) is 4.79 Å². The largest absolute Gasteiger partial charge is 0.481 e. The summed E-state index contributed by atoms with van der Waals surface area (Å²) in [7, 11) is 0. The topological polar surface area (TPSA) is 37.3 Å². The summed E-state index contributed by atoms with van der Waals surface area (Å²) < 4.78 is 0. The zero-order valence-electron chi connectivity index (χ0n) is 13.2. The van der Waals surface area contributed by atoms with Crippen molar-refractivity contribution < 1.29 is 9.90 Å². The van der Waals surface area contributed by atoms with Crippen LogP contribution < -0.4 is 0 Å². The Morgan fingerprint density at radius 3 is 1.95 bits per heavy atom. The molecule has 0 amide bonds. The van der Waals surface area contributed by atoms with Crippen molar-refractivity contribution in [2.45, 2.75) is 84.0 Å². The van der Waals surface area contributed by atoms with E-state index in [4.69, 9.17) is 5.11 Å². The highest BCUT2D eigenvalue weighted by Gasteiger charge is 1.91. The van der Waals surface area contributed by atoms with Crippen molar-refractivity contribution in [3.8, 4) is 0 Å². The molecule has 20 heavy (non-hydrogen) atoms. The van der Waals surface area contributed by atoms with Crippen molar-refractivity contribution in [3.05, 3.63) is 24.3 Å². The highest BCUT2D eigenvalue weighted by molar-refractivity contribution is 5.66. The zero-order valence-corrected chi connectivity index (χ0v) is 13.2. The Balaban J connectivity index is 3.17. The van der Waals surface area contributed by atoms with E-state index < -0.39 is 5.97 Å². The summed E-state index contributed by atoms with van der Waals surface area (Å²) in [5.41, 5.74) is 0. The molecule has 0 heterocycles. The fourth-order valence-corrected chi connectivity index (χ4v) is 2.11. The molecule has 0 aliphatic rings. The van der Waals surface area contributed by atoms with Gasteiger partial charge in [0.2, 0.25) is 0 Å². The molecule has 0 radical (unpaired) electrons. The number of hydrogen-bond donors (Lipinski definition) is 1. The van der Waals surface area contributed by atoms with Crippen molar-refractivity contribution in [3.63, 3.8) is 0 Å². The minimum absolute atomic E-state index is 0.235. The molecule has 0 aromatic rings. The lowest BCUT2D eigenvalue weighted by Gasteiger charge is -1.99. The fraction of sp³-hybridized carbons (Fsp3) is 0.722. The van der Waals surface area contributed by atoms with E-state index in [1.165, 1.54) is 57.8 Å². The Kier molecular flexibility index (Phi) is 15.2. The van der Waals surface area contributed by atoms with Gasteiger partial charge in [0.15, 0.2) is 0 Å². The lowest BCUT2D eigenvalue weighted by atomic mass is 10.1. The second kappa shape index (κ2) is 16.0. The standard InChI is InChI=1S/C18H32O2/c1-2-3-4-5-6-7-8-9-10-11-12-13-14-15-16-17-18(19)20/h11-12,14-15H,2-10,13,16-17H2,1H3,(H,19,20)/b12-11-,15-14-. The molecule has 0 bridgehead atoms. The first-order valence-corrected chi connectivity index (χ1v) is 8.29. The maximum atomic E-state index is 10.3. The van der Waals surface area contributed by atoms with Gasteiger partial charge in [0.05, 0.1) is 0 Å². The van der Waals surface area contributed by atoms with Gasteiger partial charge in [-0.05, 0) is 25.7 Å². The van der Waals surface area contributed by atoms with Gasteiger partial charge >= 0.3 is 5.97 Å². The van der Waals surface area contributed by atoms with Crippen molar-refractivity contribution in [1.29, 1.82) is 0 Å². The summed E-state index contributed by atoms with van der Waals surface area (Å²) in [6.07, 6.45) is 22.4. The van der Waals surface area contributed by atoms with Crippen molar-refractivity contribution in [2.75, 3.05) is 0 Å². The molecule has 0 aromatic heterocycles. The number of aliphatic carboxylic acids is 1. The molecular formula is C18H32O2. The first kappa shape index (κ1) is 18.9. The monoisotopic (exact) mass is 280 g/mol. The van der Waals surface area contributed by atoms with Crippen molar-refractivity contribution in [1.82, 2.24) is 0 Å². The van der Waals surface area contributed by atoms with E-state index in [2.05, 4.69) is 19.1 Å². The molecule has 0 unspecified atom stereocenters. The highest BCUT2D eigenvalue weighted by atomic mass is 16.4. The van der Waals surface area contributed by atoms with E-state index in [0.29, 0.717) is 6.42 Å². The minimum atomic E-state index is -0.722. The Morgan fingerprint density at radius 1 is 0.800 bits per heavy atom. The van der Waals surface area contributed by atoms with Crippen LogP contribution in [0.3, 0.4) is 0 Å². The van der Waals surface area contributed by atoms with Gasteiger partial charge in [0.1, 0.15) is 0 Å². The van der Waals surface area contributed by atoms with Crippen LogP contribution in [-0.2, 0) is 4.79 Å². The molecule has 0 aliphatic carbocycles. The van der Waals surface area contributed by atoms with E-state index in [-0.39, 0.29) is 6.42 Å². The second-order valence-electron chi connectivity index (χ2n) is 5.37. The molecule has 2 heteroatoms. The smallest absolute Gasteiger partial charge is 0.303 e. The number of hydrogen-bond acceptors (Lipinski definition) is 1. The van der Waals surface area contributed by atoms with Crippen LogP contribution in [0.2, 0.25) is 0 Å². The quantitative estimate of drug-likeness (QED) is 0.318. The van der Waals surface area contributed by atoms with Gasteiger partial charge in [-0.2, -0.15) is 0 Å². The van der Waals surface area contributed by atoms with Crippen LogP contribution in [0.15, 0.2) is 24.3 Å².